The molecular formula is C41H65NO9. The Morgan fingerprint density at radius 2 is 1.37 bits per heavy atom. The minimum Gasteiger partial charge on any atom is -0.481 e. The zero-order chi connectivity index (χ0) is 37.3. The first-order chi connectivity index (χ1) is 23.9. The molecule has 10 heteroatoms. The molecule has 5 aliphatic carbocycles. The number of ketones is 2. The summed E-state index contributed by atoms with van der Waals surface area (Å²) >= 11 is 0. The van der Waals surface area contributed by atoms with Crippen molar-refractivity contribution in [3.8, 4) is 0 Å². The van der Waals surface area contributed by atoms with Crippen LogP contribution in [-0.2, 0) is 38.1 Å². The van der Waals surface area contributed by atoms with Gasteiger partial charge in [0.1, 0.15) is 5.78 Å². The highest BCUT2D eigenvalue weighted by Crippen LogP contribution is 2.74. The van der Waals surface area contributed by atoms with Crippen molar-refractivity contribution in [2.75, 3.05) is 59.4 Å². The number of carbonyl (C=O) groups excluding carboxylic acids is 3. The number of rotatable bonds is 16. The van der Waals surface area contributed by atoms with Crippen LogP contribution in [0.3, 0.4) is 0 Å². The number of nitrogens with one attached hydrogen (secondary N) is 1. The van der Waals surface area contributed by atoms with E-state index in [2.05, 4.69) is 59.9 Å². The second-order valence-electron chi connectivity index (χ2n) is 18.2. The molecule has 0 radical (unpaired) electrons. The number of ether oxygens (including phenoxy) is 4. The van der Waals surface area contributed by atoms with Crippen molar-refractivity contribution in [1.82, 2.24) is 5.32 Å². The summed E-state index contributed by atoms with van der Waals surface area (Å²) in [5.41, 5.74) is -0.0548. The number of Topliss-reactive ketones (excluding diaryl/α,β-unsaturated/α-hetero) is 1. The number of carboxylic acids is 1. The Hall–Kier alpha value is -2.14. The largest absolute Gasteiger partial charge is 0.481 e. The summed E-state index contributed by atoms with van der Waals surface area (Å²) in [5, 5.41) is 11.7. The molecule has 10 nitrogen and oxygen atoms in total. The molecule has 288 valence electrons. The predicted molar refractivity (Wildman–Crippen MR) is 193 cm³/mol. The van der Waals surface area contributed by atoms with E-state index in [9.17, 15) is 19.2 Å². The maximum Gasteiger partial charge on any atom is 0.305 e. The van der Waals surface area contributed by atoms with E-state index in [-0.39, 0.29) is 64.1 Å². The fourth-order valence-electron chi connectivity index (χ4n) is 11.6. The van der Waals surface area contributed by atoms with Crippen LogP contribution in [0.15, 0.2) is 11.6 Å². The van der Waals surface area contributed by atoms with E-state index in [1.807, 2.05) is 0 Å². The molecule has 0 aromatic heterocycles. The van der Waals surface area contributed by atoms with Gasteiger partial charge in [0.15, 0.2) is 5.78 Å². The van der Waals surface area contributed by atoms with Crippen LogP contribution < -0.4 is 5.32 Å². The summed E-state index contributed by atoms with van der Waals surface area (Å²) in [4.78, 5) is 51.9. The Kier molecular flexibility index (Phi) is 12.0. The van der Waals surface area contributed by atoms with Gasteiger partial charge in [-0.25, -0.2) is 0 Å². The van der Waals surface area contributed by atoms with Gasteiger partial charge in [-0.2, -0.15) is 0 Å². The highest BCUT2D eigenvalue weighted by Gasteiger charge is 2.70. The van der Waals surface area contributed by atoms with Gasteiger partial charge in [-0.05, 0) is 90.9 Å². The number of carbonyl (C=O) groups is 4. The first-order valence-corrected chi connectivity index (χ1v) is 19.5. The monoisotopic (exact) mass is 715 g/mol. The van der Waals surface area contributed by atoms with Gasteiger partial charge in [-0.1, -0.05) is 54.0 Å². The number of allylic oxidation sites excluding steroid dienone is 2. The lowest BCUT2D eigenvalue weighted by Crippen LogP contribution is -2.66. The minimum absolute atomic E-state index is 0.0152. The quantitative estimate of drug-likeness (QED) is 0.179. The highest BCUT2D eigenvalue weighted by atomic mass is 16.6. The summed E-state index contributed by atoms with van der Waals surface area (Å²) < 4.78 is 21.8. The Morgan fingerprint density at radius 3 is 2.00 bits per heavy atom. The number of aliphatic carboxylic acids is 1. The van der Waals surface area contributed by atoms with Gasteiger partial charge in [-0.15, -0.1) is 0 Å². The molecule has 0 aliphatic heterocycles. The summed E-state index contributed by atoms with van der Waals surface area (Å²) in [7, 11) is 0. The normalized spacial score (nSPS) is 38.5. The van der Waals surface area contributed by atoms with Gasteiger partial charge in [0.25, 0.3) is 0 Å². The van der Waals surface area contributed by atoms with Gasteiger partial charge in [0, 0.05) is 29.7 Å². The van der Waals surface area contributed by atoms with Crippen molar-refractivity contribution < 1.29 is 43.2 Å². The maximum absolute atomic E-state index is 14.5. The maximum atomic E-state index is 14.5. The third kappa shape index (κ3) is 7.50. The summed E-state index contributed by atoms with van der Waals surface area (Å²) in [5.74, 6) is 0.102. The van der Waals surface area contributed by atoms with E-state index in [1.54, 1.807) is 0 Å². The molecule has 0 bridgehead atoms. The molecule has 0 spiro atoms. The molecule has 4 fully saturated rings. The zero-order valence-corrected chi connectivity index (χ0v) is 32.5. The van der Waals surface area contributed by atoms with E-state index >= 15 is 0 Å². The van der Waals surface area contributed by atoms with Gasteiger partial charge >= 0.3 is 5.97 Å². The molecule has 0 heterocycles. The average Bonchev–Trinajstić information content (AvgIpc) is 3.06. The molecule has 4 saturated carbocycles. The molecule has 51 heavy (non-hydrogen) atoms. The van der Waals surface area contributed by atoms with Crippen LogP contribution in [0.2, 0.25) is 0 Å². The molecular weight excluding hydrogens is 650 g/mol. The number of hydrogen-bond donors (Lipinski definition) is 2. The lowest BCUT2D eigenvalue weighted by Gasteiger charge is -2.70. The Bertz CT molecular complexity index is 1360. The van der Waals surface area contributed by atoms with E-state index in [0.29, 0.717) is 65.0 Å². The first-order valence-electron chi connectivity index (χ1n) is 19.5. The molecule has 1 amide bonds. The Morgan fingerprint density at radius 1 is 0.784 bits per heavy atom. The van der Waals surface area contributed by atoms with Crippen molar-refractivity contribution in [3.63, 3.8) is 0 Å². The number of hydrogen-bond acceptors (Lipinski definition) is 8. The lowest BCUT2D eigenvalue weighted by atomic mass is 9.33. The van der Waals surface area contributed by atoms with Crippen molar-refractivity contribution in [2.24, 2.45) is 50.2 Å². The van der Waals surface area contributed by atoms with E-state index in [1.165, 1.54) is 5.57 Å². The molecule has 0 aromatic rings. The number of carboxylic acid groups (broad SMARTS) is 1. The topological polar surface area (TPSA) is 137 Å². The van der Waals surface area contributed by atoms with Crippen molar-refractivity contribution >= 4 is 23.4 Å². The van der Waals surface area contributed by atoms with Crippen LogP contribution in [-0.4, -0.2) is 87.9 Å². The van der Waals surface area contributed by atoms with Gasteiger partial charge in [0.05, 0.1) is 59.3 Å². The minimum atomic E-state index is -0.881. The van der Waals surface area contributed by atoms with Crippen LogP contribution in [0.5, 0.6) is 0 Å². The molecule has 2 N–H and O–H groups in total. The van der Waals surface area contributed by atoms with Crippen molar-refractivity contribution in [2.45, 2.75) is 113 Å². The van der Waals surface area contributed by atoms with Crippen LogP contribution in [0, 0.1) is 50.2 Å². The summed E-state index contributed by atoms with van der Waals surface area (Å²) in [6.45, 7) is 19.3. The molecule has 8 atom stereocenters. The van der Waals surface area contributed by atoms with Gasteiger partial charge in [0.2, 0.25) is 5.91 Å². The van der Waals surface area contributed by atoms with Crippen LogP contribution in [0.25, 0.3) is 0 Å². The van der Waals surface area contributed by atoms with Crippen LogP contribution >= 0.6 is 0 Å². The zero-order valence-electron chi connectivity index (χ0n) is 32.5. The summed E-state index contributed by atoms with van der Waals surface area (Å²) in [6.07, 6.45) is 10.1. The highest BCUT2D eigenvalue weighted by molar-refractivity contribution is 5.96. The predicted octanol–water partition coefficient (Wildman–Crippen LogP) is 6.19. The van der Waals surface area contributed by atoms with E-state index in [0.717, 1.165) is 51.4 Å². The Labute approximate surface area is 305 Å². The smallest absolute Gasteiger partial charge is 0.305 e. The van der Waals surface area contributed by atoms with Crippen molar-refractivity contribution in [3.05, 3.63) is 11.6 Å². The second kappa shape index (κ2) is 15.3. The first kappa shape index (κ1) is 40.1. The SMILES string of the molecule is CC1(C)C(=O)CC[C@]2(C)[C@H]3C(=O)C=C4[C@H]5C[C@@](C)(C(=O)NCCOCCOCCOCCOCCC(=O)O)CC[C@]5(C)CC[C@@]4(C)[C@]3(C)CC[C@@H]12. The molecule has 5 aliphatic rings. The Balaban J connectivity index is 1.13. The molecule has 0 saturated heterocycles. The number of amides is 1. The molecule has 5 rings (SSSR count). The van der Waals surface area contributed by atoms with E-state index in [4.69, 9.17) is 24.1 Å². The van der Waals surface area contributed by atoms with Crippen LogP contribution in [0.4, 0.5) is 0 Å². The molecule has 0 unspecified atom stereocenters. The number of fused-ring (bicyclic) bond motifs is 7. The third-order valence-corrected chi connectivity index (χ3v) is 15.0. The fraction of sp³-hybridized carbons (Fsp3) is 0.854. The fourth-order valence-corrected chi connectivity index (χ4v) is 11.6. The van der Waals surface area contributed by atoms with Gasteiger partial charge < -0.3 is 29.4 Å². The molecule has 0 aromatic carbocycles. The van der Waals surface area contributed by atoms with Crippen LogP contribution in [0.1, 0.15) is 113 Å². The average molecular weight is 716 g/mol. The standard InChI is InChI=1S/C41H65NO9/c1-36(2)31-8-12-41(7)34(39(31,5)11-9-32(36)44)30(43)26-28-29-27-38(4,14-13-37(29,3)15-16-40(28,41)6)35(47)42-17-19-49-21-23-51-25-24-50-22-20-48-18-10-33(45)46/h26,29,31,34H,8-25,27H2,1-7H3,(H,42,47)(H,45,46)/t29-,31+,34-,37-,38+,39+,40-,41-/m1/s1. The van der Waals surface area contributed by atoms with E-state index < -0.39 is 16.8 Å². The third-order valence-electron chi connectivity index (χ3n) is 15.0. The van der Waals surface area contributed by atoms with Gasteiger partial charge in [-0.3, -0.25) is 19.2 Å². The second-order valence-corrected chi connectivity index (χ2v) is 18.2. The lowest BCUT2D eigenvalue weighted by molar-refractivity contribution is -0.187. The summed E-state index contributed by atoms with van der Waals surface area (Å²) in [6, 6.07) is 0. The van der Waals surface area contributed by atoms with Crippen molar-refractivity contribution in [1.29, 1.82) is 0 Å².